The van der Waals surface area contributed by atoms with Gasteiger partial charge in [0.25, 0.3) is 0 Å². The number of aliphatic hydroxyl groups is 2. The molecule has 0 aromatic heterocycles. The molecule has 0 saturated carbocycles. The van der Waals surface area contributed by atoms with Crippen LogP contribution in [0.1, 0.15) is 31.9 Å². The average Bonchev–Trinajstić information content (AvgIpc) is 2.44. The van der Waals surface area contributed by atoms with Crippen molar-refractivity contribution in [3.63, 3.8) is 0 Å². The third-order valence-electron chi connectivity index (χ3n) is 3.51. The van der Waals surface area contributed by atoms with E-state index in [0.29, 0.717) is 6.42 Å². The Labute approximate surface area is 119 Å². The van der Waals surface area contributed by atoms with Gasteiger partial charge in [0.1, 0.15) is 0 Å². The molecule has 0 amide bonds. The van der Waals surface area contributed by atoms with E-state index in [4.69, 9.17) is 5.14 Å². The number of nitrogens with one attached hydrogen (secondary N) is 1. The number of rotatable bonds is 7. The van der Waals surface area contributed by atoms with Crippen LogP contribution in [-0.2, 0) is 10.0 Å². The van der Waals surface area contributed by atoms with Gasteiger partial charge >= 0.3 is 0 Å². The molecule has 0 heterocycles. The van der Waals surface area contributed by atoms with Crippen molar-refractivity contribution in [2.24, 2.45) is 5.14 Å². The van der Waals surface area contributed by atoms with E-state index in [1.54, 1.807) is 12.1 Å². The first-order valence-electron chi connectivity index (χ1n) is 6.40. The molecule has 1 atom stereocenters. The van der Waals surface area contributed by atoms with E-state index in [1.165, 1.54) is 12.1 Å². The van der Waals surface area contributed by atoms with Crippen molar-refractivity contribution in [2.45, 2.75) is 36.7 Å². The molecule has 5 N–H and O–H groups in total. The maximum atomic E-state index is 11.2. The van der Waals surface area contributed by atoms with Gasteiger partial charge in [0.05, 0.1) is 23.6 Å². The number of nitrogens with two attached hydrogens (primary N) is 1. The highest BCUT2D eigenvalue weighted by Gasteiger charge is 2.28. The van der Waals surface area contributed by atoms with Gasteiger partial charge in [-0.3, -0.25) is 0 Å². The largest absolute Gasteiger partial charge is 0.394 e. The number of sulfonamides is 1. The van der Waals surface area contributed by atoms with Gasteiger partial charge < -0.3 is 15.5 Å². The fourth-order valence-electron chi connectivity index (χ4n) is 1.96. The number of benzene rings is 1. The van der Waals surface area contributed by atoms with E-state index in [0.717, 1.165) is 5.56 Å². The fourth-order valence-corrected chi connectivity index (χ4v) is 2.47. The van der Waals surface area contributed by atoms with Gasteiger partial charge in [-0.1, -0.05) is 19.1 Å². The summed E-state index contributed by atoms with van der Waals surface area (Å²) in [6.45, 7) is 3.39. The van der Waals surface area contributed by atoms with Crippen molar-refractivity contribution in [3.05, 3.63) is 29.8 Å². The summed E-state index contributed by atoms with van der Waals surface area (Å²) in [6.07, 6.45) is 0.569. The molecule has 6 nitrogen and oxygen atoms in total. The highest BCUT2D eigenvalue weighted by molar-refractivity contribution is 7.89. The molecule has 20 heavy (non-hydrogen) atoms. The highest BCUT2D eigenvalue weighted by Crippen LogP contribution is 2.20. The molecule has 0 saturated heterocycles. The zero-order chi connectivity index (χ0) is 15.4. The Morgan fingerprint density at radius 1 is 1.25 bits per heavy atom. The minimum Gasteiger partial charge on any atom is -0.394 e. The molecule has 1 aromatic carbocycles. The SMILES string of the molecule is CCC(CO)(CO)NC(C)c1ccc(S(N)(=O)=O)cc1. The molecule has 1 aromatic rings. The first kappa shape index (κ1) is 17.1. The Bertz CT molecular complexity index is 516. The molecular weight excluding hydrogens is 280 g/mol. The molecule has 0 spiro atoms. The third-order valence-corrected chi connectivity index (χ3v) is 4.44. The van der Waals surface area contributed by atoms with Crippen LogP contribution < -0.4 is 10.5 Å². The highest BCUT2D eigenvalue weighted by atomic mass is 32.2. The summed E-state index contributed by atoms with van der Waals surface area (Å²) < 4.78 is 22.4. The van der Waals surface area contributed by atoms with Crippen LogP contribution in [0, 0.1) is 0 Å². The van der Waals surface area contributed by atoms with Crippen LogP contribution in [0.3, 0.4) is 0 Å². The maximum Gasteiger partial charge on any atom is 0.238 e. The molecule has 0 radical (unpaired) electrons. The van der Waals surface area contributed by atoms with Crippen molar-refractivity contribution in [2.75, 3.05) is 13.2 Å². The predicted octanol–water partition coefficient (Wildman–Crippen LogP) is 0.118. The molecule has 0 aliphatic carbocycles. The third kappa shape index (κ3) is 4.00. The Kier molecular flexibility index (Phi) is 5.67. The molecule has 0 aliphatic heterocycles. The maximum absolute atomic E-state index is 11.2. The quantitative estimate of drug-likeness (QED) is 0.571. The monoisotopic (exact) mass is 302 g/mol. The summed E-state index contributed by atoms with van der Waals surface area (Å²) in [6, 6.07) is 6.05. The zero-order valence-corrected chi connectivity index (χ0v) is 12.5. The van der Waals surface area contributed by atoms with Crippen LogP contribution in [0.25, 0.3) is 0 Å². The molecule has 0 bridgehead atoms. The molecule has 1 rings (SSSR count). The number of primary sulfonamides is 1. The molecule has 114 valence electrons. The second-order valence-electron chi connectivity index (χ2n) is 4.93. The van der Waals surface area contributed by atoms with Crippen molar-refractivity contribution in [1.29, 1.82) is 0 Å². The van der Waals surface area contributed by atoms with Gasteiger partial charge in [0.15, 0.2) is 0 Å². The van der Waals surface area contributed by atoms with Crippen molar-refractivity contribution in [3.8, 4) is 0 Å². The summed E-state index contributed by atoms with van der Waals surface area (Å²) >= 11 is 0. The Morgan fingerprint density at radius 3 is 2.10 bits per heavy atom. The van der Waals surface area contributed by atoms with Gasteiger partial charge in [-0.15, -0.1) is 0 Å². The van der Waals surface area contributed by atoms with E-state index in [-0.39, 0.29) is 24.2 Å². The lowest BCUT2D eigenvalue weighted by Gasteiger charge is -2.33. The number of aliphatic hydroxyl groups excluding tert-OH is 2. The summed E-state index contributed by atoms with van der Waals surface area (Å²) in [5, 5.41) is 27.0. The minimum atomic E-state index is -3.69. The lowest BCUT2D eigenvalue weighted by Crippen LogP contribution is -2.52. The smallest absolute Gasteiger partial charge is 0.238 e. The topological polar surface area (TPSA) is 113 Å². The summed E-state index contributed by atoms with van der Waals surface area (Å²) in [7, 11) is -3.69. The normalized spacial score (nSPS) is 14.2. The molecule has 0 fully saturated rings. The van der Waals surface area contributed by atoms with Crippen molar-refractivity contribution >= 4 is 10.0 Å². The van der Waals surface area contributed by atoms with Gasteiger partial charge in [-0.05, 0) is 31.0 Å². The van der Waals surface area contributed by atoms with E-state index in [2.05, 4.69) is 5.32 Å². The van der Waals surface area contributed by atoms with Crippen LogP contribution in [0.4, 0.5) is 0 Å². The Morgan fingerprint density at radius 2 is 1.75 bits per heavy atom. The molecule has 0 aliphatic rings. The standard InChI is InChI=1S/C13H22N2O4S/c1-3-13(8-16,9-17)15-10(2)11-4-6-12(7-5-11)20(14,18)19/h4-7,10,15-17H,3,8-9H2,1-2H3,(H2,14,18,19). The van der Waals surface area contributed by atoms with Crippen LogP contribution in [0.15, 0.2) is 29.2 Å². The first-order valence-corrected chi connectivity index (χ1v) is 7.95. The van der Waals surface area contributed by atoms with Crippen LogP contribution in [0.2, 0.25) is 0 Å². The summed E-state index contributed by atoms with van der Waals surface area (Å²) in [4.78, 5) is 0.0551. The van der Waals surface area contributed by atoms with Gasteiger partial charge in [-0.2, -0.15) is 0 Å². The minimum absolute atomic E-state index is 0.0551. The van der Waals surface area contributed by atoms with E-state index in [1.807, 2.05) is 13.8 Å². The van der Waals surface area contributed by atoms with E-state index < -0.39 is 15.6 Å². The lowest BCUT2D eigenvalue weighted by molar-refractivity contribution is 0.0793. The van der Waals surface area contributed by atoms with Gasteiger partial charge in [0, 0.05) is 6.04 Å². The second kappa shape index (κ2) is 6.64. The van der Waals surface area contributed by atoms with Crippen molar-refractivity contribution < 1.29 is 18.6 Å². The summed E-state index contributed by atoms with van der Waals surface area (Å²) in [5.74, 6) is 0. The summed E-state index contributed by atoms with van der Waals surface area (Å²) in [5.41, 5.74) is 0.0926. The van der Waals surface area contributed by atoms with Crippen LogP contribution >= 0.6 is 0 Å². The van der Waals surface area contributed by atoms with Crippen molar-refractivity contribution in [1.82, 2.24) is 5.32 Å². The first-order chi connectivity index (χ1) is 9.28. The Balaban J connectivity index is 2.90. The molecule has 1 unspecified atom stereocenters. The predicted molar refractivity (Wildman–Crippen MR) is 76.6 cm³/mol. The fraction of sp³-hybridized carbons (Fsp3) is 0.538. The Hall–Kier alpha value is -0.990. The number of hydrogen-bond donors (Lipinski definition) is 4. The zero-order valence-electron chi connectivity index (χ0n) is 11.7. The van der Waals surface area contributed by atoms with E-state index >= 15 is 0 Å². The van der Waals surface area contributed by atoms with Gasteiger partial charge in [0.2, 0.25) is 10.0 Å². The number of hydrogen-bond acceptors (Lipinski definition) is 5. The molecule has 7 heteroatoms. The second-order valence-corrected chi connectivity index (χ2v) is 6.49. The van der Waals surface area contributed by atoms with Gasteiger partial charge in [-0.25, -0.2) is 13.6 Å². The average molecular weight is 302 g/mol. The van der Waals surface area contributed by atoms with Crippen LogP contribution in [-0.4, -0.2) is 37.4 Å². The van der Waals surface area contributed by atoms with E-state index in [9.17, 15) is 18.6 Å². The lowest BCUT2D eigenvalue weighted by atomic mass is 9.95. The molecular formula is C13H22N2O4S. The van der Waals surface area contributed by atoms with Crippen LogP contribution in [0.5, 0.6) is 0 Å².